The molecule has 0 radical (unpaired) electrons. The zero-order valence-corrected chi connectivity index (χ0v) is 13.2. The third kappa shape index (κ3) is 2.91. The van der Waals surface area contributed by atoms with Crippen molar-refractivity contribution in [3.8, 4) is 0 Å². The normalized spacial score (nSPS) is 18.6. The highest BCUT2D eigenvalue weighted by Gasteiger charge is 2.27. The topological polar surface area (TPSA) is 66.8 Å². The summed E-state index contributed by atoms with van der Waals surface area (Å²) in [6.07, 6.45) is 7.89. The van der Waals surface area contributed by atoms with Crippen LogP contribution in [-0.2, 0) is 6.42 Å². The number of hydrogen-bond donors (Lipinski definition) is 1. The first-order valence-corrected chi connectivity index (χ1v) is 8.02. The summed E-state index contributed by atoms with van der Waals surface area (Å²) in [6, 6.07) is 2.20. The Hall–Kier alpha value is -2.11. The number of nitrogens with zero attached hydrogens (tertiary/aromatic N) is 4. The fourth-order valence-corrected chi connectivity index (χ4v) is 3.17. The molecule has 0 aliphatic carbocycles. The van der Waals surface area contributed by atoms with Gasteiger partial charge in [-0.05, 0) is 32.3 Å². The highest BCUT2D eigenvalue weighted by atomic mass is 16.2. The molecule has 1 amide bonds. The number of carbonyl (C=O) groups excluding carboxylic acids is 1. The van der Waals surface area contributed by atoms with Crippen LogP contribution in [0, 0.1) is 6.92 Å². The van der Waals surface area contributed by atoms with Gasteiger partial charge >= 0.3 is 0 Å². The number of amides is 1. The Balaban J connectivity index is 1.71. The minimum Gasteiger partial charge on any atom is -0.335 e. The van der Waals surface area contributed by atoms with Crippen LogP contribution in [0.3, 0.4) is 0 Å². The van der Waals surface area contributed by atoms with Gasteiger partial charge in [0.25, 0.3) is 5.91 Å². The van der Waals surface area contributed by atoms with Gasteiger partial charge in [-0.25, -0.2) is 4.98 Å². The minimum absolute atomic E-state index is 0.0288. The molecule has 1 N–H and O–H groups in total. The first-order chi connectivity index (χ1) is 10.7. The van der Waals surface area contributed by atoms with Crippen LogP contribution >= 0.6 is 0 Å². The fourth-order valence-electron chi connectivity index (χ4n) is 3.17. The SMILES string of the molecule is CCCc1cc(C(=O)N2CCC[C@@H](n3ccnc3C)C2)n[nH]1. The predicted molar refractivity (Wildman–Crippen MR) is 83.7 cm³/mol. The van der Waals surface area contributed by atoms with Crippen LogP contribution in [0.25, 0.3) is 0 Å². The maximum atomic E-state index is 12.6. The minimum atomic E-state index is 0.0288. The van der Waals surface area contributed by atoms with Gasteiger partial charge in [0.15, 0.2) is 0 Å². The number of H-pyrrole nitrogens is 1. The maximum absolute atomic E-state index is 12.6. The van der Waals surface area contributed by atoms with Gasteiger partial charge in [-0.15, -0.1) is 0 Å². The molecule has 1 aliphatic heterocycles. The Labute approximate surface area is 130 Å². The molecule has 6 nitrogen and oxygen atoms in total. The van der Waals surface area contributed by atoms with Gasteiger partial charge in [0.05, 0.1) is 6.04 Å². The smallest absolute Gasteiger partial charge is 0.274 e. The summed E-state index contributed by atoms with van der Waals surface area (Å²) in [5.74, 6) is 1.03. The van der Waals surface area contributed by atoms with Gasteiger partial charge < -0.3 is 9.47 Å². The molecule has 22 heavy (non-hydrogen) atoms. The number of nitrogens with one attached hydrogen (secondary N) is 1. The van der Waals surface area contributed by atoms with Gasteiger partial charge in [-0.1, -0.05) is 13.3 Å². The van der Waals surface area contributed by atoms with Crippen LogP contribution in [0.2, 0.25) is 0 Å². The summed E-state index contributed by atoms with van der Waals surface area (Å²) in [4.78, 5) is 18.8. The van der Waals surface area contributed by atoms with E-state index in [0.29, 0.717) is 11.7 Å². The second kappa shape index (κ2) is 6.34. The lowest BCUT2D eigenvalue weighted by atomic mass is 10.0. The molecule has 0 spiro atoms. The van der Waals surface area contributed by atoms with E-state index >= 15 is 0 Å². The number of imidazole rings is 1. The number of aromatic nitrogens is 4. The van der Waals surface area contributed by atoms with E-state index in [2.05, 4.69) is 26.7 Å². The van der Waals surface area contributed by atoms with Crippen molar-refractivity contribution in [2.24, 2.45) is 0 Å². The van der Waals surface area contributed by atoms with Crippen molar-refractivity contribution in [1.29, 1.82) is 0 Å². The lowest BCUT2D eigenvalue weighted by Gasteiger charge is -2.33. The molecule has 3 heterocycles. The number of aryl methyl sites for hydroxylation is 2. The molecule has 1 atom stereocenters. The summed E-state index contributed by atoms with van der Waals surface area (Å²) in [5.41, 5.74) is 1.57. The number of aromatic amines is 1. The van der Waals surface area contributed by atoms with Crippen molar-refractivity contribution >= 4 is 5.91 Å². The highest BCUT2D eigenvalue weighted by Crippen LogP contribution is 2.23. The first-order valence-electron chi connectivity index (χ1n) is 8.02. The molecule has 0 aromatic carbocycles. The van der Waals surface area contributed by atoms with E-state index in [4.69, 9.17) is 0 Å². The van der Waals surface area contributed by atoms with Gasteiger partial charge in [0.2, 0.25) is 0 Å². The molecule has 2 aromatic rings. The van der Waals surface area contributed by atoms with Gasteiger partial charge in [0, 0.05) is 31.2 Å². The molecule has 1 saturated heterocycles. The molecule has 1 fully saturated rings. The van der Waals surface area contributed by atoms with Crippen molar-refractivity contribution in [3.05, 3.63) is 35.7 Å². The number of piperidine rings is 1. The largest absolute Gasteiger partial charge is 0.335 e. The maximum Gasteiger partial charge on any atom is 0.274 e. The van der Waals surface area contributed by atoms with Gasteiger partial charge in [-0.2, -0.15) is 5.10 Å². The highest BCUT2D eigenvalue weighted by molar-refractivity contribution is 5.92. The van der Waals surface area contributed by atoms with Crippen molar-refractivity contribution < 1.29 is 4.79 Å². The molecule has 0 bridgehead atoms. The molecular weight excluding hydrogens is 278 g/mol. The zero-order chi connectivity index (χ0) is 15.5. The van der Waals surface area contributed by atoms with E-state index in [0.717, 1.165) is 50.3 Å². The van der Waals surface area contributed by atoms with Crippen LogP contribution in [-0.4, -0.2) is 43.6 Å². The second-order valence-corrected chi connectivity index (χ2v) is 5.96. The average Bonchev–Trinajstić information content (AvgIpc) is 3.16. The van der Waals surface area contributed by atoms with Crippen molar-refractivity contribution in [1.82, 2.24) is 24.6 Å². The number of likely N-dealkylation sites (tertiary alicyclic amines) is 1. The quantitative estimate of drug-likeness (QED) is 0.942. The summed E-state index contributed by atoms with van der Waals surface area (Å²) in [5, 5.41) is 7.14. The molecule has 0 unspecified atom stereocenters. The molecule has 2 aromatic heterocycles. The molecule has 1 aliphatic rings. The summed E-state index contributed by atoms with van der Waals surface area (Å²) >= 11 is 0. The summed E-state index contributed by atoms with van der Waals surface area (Å²) in [7, 11) is 0. The first kappa shape index (κ1) is 14.8. The van der Waals surface area contributed by atoms with Crippen molar-refractivity contribution in [2.45, 2.75) is 45.6 Å². The summed E-state index contributed by atoms with van der Waals surface area (Å²) in [6.45, 7) is 5.65. The van der Waals surface area contributed by atoms with E-state index in [1.54, 1.807) is 0 Å². The van der Waals surface area contributed by atoms with Crippen molar-refractivity contribution in [3.63, 3.8) is 0 Å². The fraction of sp³-hybridized carbons (Fsp3) is 0.562. The standard InChI is InChI=1S/C16H23N5O/c1-3-5-13-10-15(19-18-13)16(22)20-8-4-6-14(11-20)21-9-7-17-12(21)2/h7,9-10,14H,3-6,8,11H2,1-2H3,(H,18,19)/t14-/m1/s1. The lowest BCUT2D eigenvalue weighted by Crippen LogP contribution is -2.41. The Bertz CT molecular complexity index is 645. The molecule has 3 rings (SSSR count). The Morgan fingerprint density at radius 3 is 3.09 bits per heavy atom. The molecule has 6 heteroatoms. The van der Waals surface area contributed by atoms with E-state index in [-0.39, 0.29) is 5.91 Å². The van der Waals surface area contributed by atoms with Gasteiger partial charge in [0.1, 0.15) is 11.5 Å². The Kier molecular flexibility index (Phi) is 4.27. The number of carbonyl (C=O) groups is 1. The van der Waals surface area contributed by atoms with Crippen LogP contribution in [0.1, 0.15) is 54.2 Å². The lowest BCUT2D eigenvalue weighted by molar-refractivity contribution is 0.0672. The van der Waals surface area contributed by atoms with Crippen LogP contribution in [0.15, 0.2) is 18.5 Å². The molecular formula is C16H23N5O. The second-order valence-electron chi connectivity index (χ2n) is 5.96. The van der Waals surface area contributed by atoms with Crippen LogP contribution in [0.5, 0.6) is 0 Å². The van der Waals surface area contributed by atoms with E-state index < -0.39 is 0 Å². The van der Waals surface area contributed by atoms with E-state index in [1.807, 2.05) is 30.3 Å². The van der Waals surface area contributed by atoms with Crippen LogP contribution < -0.4 is 0 Å². The Morgan fingerprint density at radius 2 is 2.36 bits per heavy atom. The van der Waals surface area contributed by atoms with Gasteiger partial charge in [-0.3, -0.25) is 9.89 Å². The zero-order valence-electron chi connectivity index (χ0n) is 13.2. The Morgan fingerprint density at radius 1 is 1.50 bits per heavy atom. The third-order valence-electron chi connectivity index (χ3n) is 4.31. The molecule has 118 valence electrons. The number of hydrogen-bond acceptors (Lipinski definition) is 3. The van der Waals surface area contributed by atoms with Crippen molar-refractivity contribution in [2.75, 3.05) is 13.1 Å². The molecule has 0 saturated carbocycles. The monoisotopic (exact) mass is 301 g/mol. The number of rotatable bonds is 4. The van der Waals surface area contributed by atoms with E-state index in [9.17, 15) is 4.79 Å². The van der Waals surface area contributed by atoms with Crippen LogP contribution in [0.4, 0.5) is 0 Å². The van der Waals surface area contributed by atoms with E-state index in [1.165, 1.54) is 0 Å². The summed E-state index contributed by atoms with van der Waals surface area (Å²) < 4.78 is 2.17. The third-order valence-corrected chi connectivity index (χ3v) is 4.31. The predicted octanol–water partition coefficient (Wildman–Crippen LogP) is 2.34. The average molecular weight is 301 g/mol.